The van der Waals surface area contributed by atoms with Gasteiger partial charge in [-0.05, 0) is 27.7 Å². The fraction of sp³-hybridized carbons (Fsp3) is 0.571. The summed E-state index contributed by atoms with van der Waals surface area (Å²) in [6.07, 6.45) is -0.0520. The van der Waals surface area contributed by atoms with Gasteiger partial charge in [0.2, 0.25) is 0 Å². The van der Waals surface area contributed by atoms with E-state index in [0.29, 0.717) is 18.8 Å². The second-order valence-corrected chi connectivity index (χ2v) is 4.77. The number of carbonyl (C=O) groups excluding carboxylic acids is 1. The molecule has 0 radical (unpaired) electrons. The first-order valence-corrected chi connectivity index (χ1v) is 6.44. The number of rotatable bonds is 5. The van der Waals surface area contributed by atoms with E-state index in [1.165, 1.54) is 11.0 Å². The molecule has 5 nitrogen and oxygen atoms in total. The molecule has 5 heteroatoms. The van der Waals surface area contributed by atoms with Crippen molar-refractivity contribution >= 4 is 5.91 Å². The van der Waals surface area contributed by atoms with Crippen LogP contribution < -0.4 is 5.43 Å². The van der Waals surface area contributed by atoms with Crippen molar-refractivity contribution in [3.05, 3.63) is 33.2 Å². The molecule has 1 heterocycles. The maximum absolute atomic E-state index is 12.3. The van der Waals surface area contributed by atoms with Crippen LogP contribution in [0.3, 0.4) is 0 Å². The second-order valence-electron chi connectivity index (χ2n) is 4.77. The number of H-pyrrole nitrogens is 1. The minimum Gasteiger partial charge on any atom is -0.377 e. The molecule has 1 aromatic rings. The van der Waals surface area contributed by atoms with E-state index in [0.717, 1.165) is 5.69 Å². The Morgan fingerprint density at radius 1 is 1.47 bits per heavy atom. The van der Waals surface area contributed by atoms with E-state index in [-0.39, 0.29) is 23.0 Å². The van der Waals surface area contributed by atoms with Crippen molar-refractivity contribution in [2.45, 2.75) is 33.8 Å². The van der Waals surface area contributed by atoms with E-state index in [9.17, 15) is 9.59 Å². The zero-order chi connectivity index (χ0) is 14.6. The number of nitrogens with zero attached hydrogens (tertiary/aromatic N) is 1. The van der Waals surface area contributed by atoms with Crippen molar-refractivity contribution in [3.8, 4) is 0 Å². The third-order valence-electron chi connectivity index (χ3n) is 2.90. The van der Waals surface area contributed by atoms with Gasteiger partial charge in [0.15, 0.2) is 5.43 Å². The molecule has 19 heavy (non-hydrogen) atoms. The molecule has 106 valence electrons. The minimum absolute atomic E-state index is 0.0520. The van der Waals surface area contributed by atoms with Crippen LogP contribution in [-0.2, 0) is 4.74 Å². The molecule has 1 amide bonds. The van der Waals surface area contributed by atoms with Gasteiger partial charge in [-0.3, -0.25) is 9.59 Å². The van der Waals surface area contributed by atoms with Crippen LogP contribution in [-0.4, -0.2) is 42.1 Å². The van der Waals surface area contributed by atoms with Crippen LogP contribution in [0.2, 0.25) is 0 Å². The van der Waals surface area contributed by atoms with Crippen LogP contribution in [0.15, 0.2) is 10.9 Å². The molecule has 0 aliphatic rings. The van der Waals surface area contributed by atoms with E-state index >= 15 is 0 Å². The molecule has 0 aromatic carbocycles. The summed E-state index contributed by atoms with van der Waals surface area (Å²) in [7, 11) is 1.68. The van der Waals surface area contributed by atoms with Crippen molar-refractivity contribution in [3.63, 3.8) is 0 Å². The van der Waals surface area contributed by atoms with Crippen molar-refractivity contribution in [2.24, 2.45) is 0 Å². The van der Waals surface area contributed by atoms with Gasteiger partial charge in [0, 0.05) is 37.7 Å². The lowest BCUT2D eigenvalue weighted by atomic mass is 10.1. The summed E-state index contributed by atoms with van der Waals surface area (Å²) in [5.74, 6) is -0.273. The van der Waals surface area contributed by atoms with Gasteiger partial charge < -0.3 is 14.6 Å². The molecular formula is C14H22N2O3. The molecule has 1 N–H and O–H groups in total. The summed E-state index contributed by atoms with van der Waals surface area (Å²) in [5, 5.41) is 0. The molecule has 0 saturated carbocycles. The number of nitrogens with one attached hydrogen (secondary N) is 1. The zero-order valence-corrected chi connectivity index (χ0v) is 12.2. The first-order chi connectivity index (χ1) is 8.86. The lowest BCUT2D eigenvalue weighted by Crippen LogP contribution is -2.37. The molecule has 0 spiro atoms. The zero-order valence-electron chi connectivity index (χ0n) is 12.2. The van der Waals surface area contributed by atoms with Crippen molar-refractivity contribution < 1.29 is 9.53 Å². The molecule has 0 bridgehead atoms. The van der Waals surface area contributed by atoms with Gasteiger partial charge in [-0.2, -0.15) is 0 Å². The monoisotopic (exact) mass is 266 g/mol. The number of amides is 1. The number of ether oxygens (including phenoxy) is 1. The largest absolute Gasteiger partial charge is 0.377 e. The van der Waals surface area contributed by atoms with Crippen LogP contribution >= 0.6 is 0 Å². The highest BCUT2D eigenvalue weighted by molar-refractivity contribution is 5.95. The number of aryl methyl sites for hydroxylation is 2. The number of carbonyl (C=O) groups is 1. The van der Waals surface area contributed by atoms with Crippen molar-refractivity contribution in [1.82, 2.24) is 9.88 Å². The molecule has 1 aromatic heterocycles. The highest BCUT2D eigenvalue weighted by atomic mass is 16.5. The number of pyridine rings is 1. The van der Waals surface area contributed by atoms with E-state index in [2.05, 4.69) is 4.98 Å². The average molecular weight is 266 g/mol. The van der Waals surface area contributed by atoms with Gasteiger partial charge in [-0.25, -0.2) is 0 Å². The molecule has 1 atom stereocenters. The van der Waals surface area contributed by atoms with Crippen LogP contribution in [0.4, 0.5) is 0 Å². The van der Waals surface area contributed by atoms with E-state index in [1.54, 1.807) is 20.9 Å². The fourth-order valence-electron chi connectivity index (χ4n) is 2.11. The molecule has 0 aliphatic heterocycles. The maximum Gasteiger partial charge on any atom is 0.259 e. The molecule has 0 fully saturated rings. The molecule has 1 rings (SSSR count). The van der Waals surface area contributed by atoms with Gasteiger partial charge >= 0.3 is 0 Å². The Morgan fingerprint density at radius 2 is 2.11 bits per heavy atom. The molecule has 0 unspecified atom stereocenters. The SMILES string of the molecule is CCO[C@@H](C)CN(C)C(=O)c1c(C)[nH]c(C)cc1=O. The Kier molecular flexibility index (Phi) is 5.30. The number of aromatic amines is 1. The lowest BCUT2D eigenvalue weighted by molar-refractivity contribution is 0.0435. The number of hydrogen-bond donors (Lipinski definition) is 1. The number of hydrogen-bond acceptors (Lipinski definition) is 3. The number of aromatic nitrogens is 1. The summed E-state index contributed by atoms with van der Waals surface area (Å²) in [6.45, 7) is 8.41. The second kappa shape index (κ2) is 6.52. The van der Waals surface area contributed by atoms with Gasteiger partial charge in [0.25, 0.3) is 5.91 Å². The van der Waals surface area contributed by atoms with Gasteiger partial charge in [-0.1, -0.05) is 0 Å². The van der Waals surface area contributed by atoms with Crippen LogP contribution in [0.5, 0.6) is 0 Å². The summed E-state index contributed by atoms with van der Waals surface area (Å²) < 4.78 is 5.40. The van der Waals surface area contributed by atoms with E-state index < -0.39 is 0 Å². The van der Waals surface area contributed by atoms with Crippen LogP contribution in [0.1, 0.15) is 35.6 Å². The quantitative estimate of drug-likeness (QED) is 0.878. The van der Waals surface area contributed by atoms with Crippen molar-refractivity contribution in [2.75, 3.05) is 20.2 Å². The lowest BCUT2D eigenvalue weighted by Gasteiger charge is -2.22. The normalized spacial score (nSPS) is 12.3. The minimum atomic E-state index is -0.273. The smallest absolute Gasteiger partial charge is 0.259 e. The third-order valence-corrected chi connectivity index (χ3v) is 2.90. The van der Waals surface area contributed by atoms with E-state index in [4.69, 9.17) is 4.74 Å². The summed E-state index contributed by atoms with van der Waals surface area (Å²) in [6, 6.07) is 1.44. The number of likely N-dealkylation sites (N-methyl/N-ethyl adjacent to an activating group) is 1. The molecule has 0 saturated heterocycles. The van der Waals surface area contributed by atoms with Gasteiger partial charge in [-0.15, -0.1) is 0 Å². The standard InChI is InChI=1S/C14H22N2O3/c1-6-19-10(3)8-16(5)14(18)13-11(4)15-9(2)7-12(13)17/h7,10H,6,8H2,1-5H3,(H,15,17)/t10-/m0/s1. The van der Waals surface area contributed by atoms with Crippen molar-refractivity contribution in [1.29, 1.82) is 0 Å². The summed E-state index contributed by atoms with van der Waals surface area (Å²) >= 11 is 0. The highest BCUT2D eigenvalue weighted by Crippen LogP contribution is 2.06. The van der Waals surface area contributed by atoms with Gasteiger partial charge in [0.1, 0.15) is 5.56 Å². The van der Waals surface area contributed by atoms with Crippen LogP contribution in [0.25, 0.3) is 0 Å². The van der Waals surface area contributed by atoms with E-state index in [1.807, 2.05) is 13.8 Å². The predicted octanol–water partition coefficient (Wildman–Crippen LogP) is 1.49. The summed E-state index contributed by atoms with van der Waals surface area (Å²) in [4.78, 5) is 28.7. The molecular weight excluding hydrogens is 244 g/mol. The maximum atomic E-state index is 12.3. The predicted molar refractivity (Wildman–Crippen MR) is 74.6 cm³/mol. The Balaban J connectivity index is 2.92. The highest BCUT2D eigenvalue weighted by Gasteiger charge is 2.19. The Hall–Kier alpha value is -1.62. The van der Waals surface area contributed by atoms with Crippen LogP contribution in [0, 0.1) is 13.8 Å². The third kappa shape index (κ3) is 3.92. The van der Waals surface area contributed by atoms with Gasteiger partial charge in [0.05, 0.1) is 6.10 Å². The first-order valence-electron chi connectivity index (χ1n) is 6.44. The first kappa shape index (κ1) is 15.4. The Bertz CT molecular complexity index is 508. The average Bonchev–Trinajstić information content (AvgIpc) is 2.27. The Morgan fingerprint density at radius 3 is 2.63 bits per heavy atom. The molecule has 0 aliphatic carbocycles. The topological polar surface area (TPSA) is 62.4 Å². The Labute approximate surface area is 113 Å². The summed E-state index contributed by atoms with van der Waals surface area (Å²) in [5.41, 5.74) is 1.32. The fourth-order valence-corrected chi connectivity index (χ4v) is 2.11.